The number of nitrogens with zero attached hydrogens (tertiary/aromatic N) is 1. The second-order valence-electron chi connectivity index (χ2n) is 4.64. The van der Waals surface area contributed by atoms with E-state index in [0.29, 0.717) is 18.0 Å². The molecule has 2 rings (SSSR count). The Morgan fingerprint density at radius 2 is 2.05 bits per heavy atom. The fourth-order valence-electron chi connectivity index (χ4n) is 1.99. The van der Waals surface area contributed by atoms with Crippen molar-refractivity contribution in [1.82, 2.24) is 0 Å². The van der Waals surface area contributed by atoms with E-state index in [1.165, 1.54) is 13.2 Å². The molecular weight excluding hydrogens is 272 g/mol. The van der Waals surface area contributed by atoms with Gasteiger partial charge < -0.3 is 15.2 Å². The Morgan fingerprint density at radius 1 is 1.29 bits per heavy atom. The topological polar surface area (TPSA) is 84.6 Å². The predicted molar refractivity (Wildman–Crippen MR) is 79.8 cm³/mol. The third-order valence-electron chi connectivity index (χ3n) is 3.07. The van der Waals surface area contributed by atoms with Gasteiger partial charge in [0.2, 0.25) is 0 Å². The van der Waals surface area contributed by atoms with Crippen molar-refractivity contribution in [2.75, 3.05) is 12.4 Å². The highest BCUT2D eigenvalue weighted by Gasteiger charge is 2.13. The largest absolute Gasteiger partial charge is 0.504 e. The number of phenols is 1. The van der Waals surface area contributed by atoms with Crippen LogP contribution in [-0.4, -0.2) is 17.1 Å². The SMILES string of the molecule is COc1ccc(CNc2cc(C)ccc2[N+](=O)[O-])cc1O. The number of nitro groups is 1. The van der Waals surface area contributed by atoms with Crippen LogP contribution in [0.3, 0.4) is 0 Å². The van der Waals surface area contributed by atoms with Gasteiger partial charge in [0.25, 0.3) is 5.69 Å². The van der Waals surface area contributed by atoms with E-state index >= 15 is 0 Å². The van der Waals surface area contributed by atoms with Gasteiger partial charge >= 0.3 is 0 Å². The number of aryl methyl sites for hydroxylation is 1. The first-order chi connectivity index (χ1) is 10.0. The fraction of sp³-hybridized carbons (Fsp3) is 0.200. The minimum Gasteiger partial charge on any atom is -0.504 e. The first kappa shape index (κ1) is 14.6. The Balaban J connectivity index is 2.18. The standard InChI is InChI=1S/C15H16N2O4/c1-10-3-5-13(17(19)20)12(7-10)16-9-11-4-6-15(21-2)14(18)8-11/h3-8,16,18H,9H2,1-2H3. The zero-order chi connectivity index (χ0) is 15.4. The Kier molecular flexibility index (Phi) is 4.27. The van der Waals surface area contributed by atoms with Gasteiger partial charge in [-0.15, -0.1) is 0 Å². The summed E-state index contributed by atoms with van der Waals surface area (Å²) in [6, 6.07) is 9.89. The van der Waals surface area contributed by atoms with Crippen LogP contribution in [0.5, 0.6) is 11.5 Å². The molecule has 6 nitrogen and oxygen atoms in total. The number of hydrogen-bond donors (Lipinski definition) is 2. The normalized spacial score (nSPS) is 10.2. The van der Waals surface area contributed by atoms with Crippen molar-refractivity contribution in [3.63, 3.8) is 0 Å². The number of hydrogen-bond acceptors (Lipinski definition) is 5. The molecule has 110 valence electrons. The molecule has 6 heteroatoms. The van der Waals surface area contributed by atoms with Gasteiger partial charge in [-0.1, -0.05) is 12.1 Å². The van der Waals surface area contributed by atoms with E-state index < -0.39 is 4.92 Å². The molecule has 0 radical (unpaired) electrons. The summed E-state index contributed by atoms with van der Waals surface area (Å²) >= 11 is 0. The van der Waals surface area contributed by atoms with E-state index in [0.717, 1.165) is 11.1 Å². The zero-order valence-corrected chi connectivity index (χ0v) is 11.8. The molecule has 2 N–H and O–H groups in total. The molecule has 0 atom stereocenters. The maximum atomic E-state index is 11.0. The van der Waals surface area contributed by atoms with Crippen LogP contribution in [-0.2, 0) is 6.54 Å². The summed E-state index contributed by atoms with van der Waals surface area (Å²) in [7, 11) is 1.48. The quantitative estimate of drug-likeness (QED) is 0.651. The molecule has 0 aromatic heterocycles. The number of anilines is 1. The van der Waals surface area contributed by atoms with Crippen molar-refractivity contribution in [3.05, 3.63) is 57.6 Å². The Labute approximate surface area is 122 Å². The molecule has 0 heterocycles. The van der Waals surface area contributed by atoms with Crippen molar-refractivity contribution >= 4 is 11.4 Å². The number of benzene rings is 2. The summed E-state index contributed by atoms with van der Waals surface area (Å²) in [6.07, 6.45) is 0. The minimum absolute atomic E-state index is 0.0262. The minimum atomic E-state index is -0.423. The predicted octanol–water partition coefficient (Wildman–Crippen LogP) is 3.23. The van der Waals surface area contributed by atoms with Crippen molar-refractivity contribution < 1.29 is 14.8 Å². The number of ether oxygens (including phenoxy) is 1. The molecule has 0 saturated heterocycles. The molecule has 0 amide bonds. The molecule has 0 unspecified atom stereocenters. The number of phenolic OH excluding ortho intramolecular Hbond substituents is 1. The summed E-state index contributed by atoms with van der Waals surface area (Å²) in [6.45, 7) is 2.23. The first-order valence-electron chi connectivity index (χ1n) is 6.36. The second-order valence-corrected chi connectivity index (χ2v) is 4.64. The molecule has 2 aromatic rings. The Bertz CT molecular complexity index is 671. The summed E-state index contributed by atoms with van der Waals surface area (Å²) < 4.78 is 4.97. The van der Waals surface area contributed by atoms with Crippen LogP contribution >= 0.6 is 0 Å². The molecule has 2 aromatic carbocycles. The van der Waals surface area contributed by atoms with Crippen LogP contribution in [0.25, 0.3) is 0 Å². The van der Waals surface area contributed by atoms with Crippen molar-refractivity contribution in [3.8, 4) is 11.5 Å². The maximum absolute atomic E-state index is 11.0. The second kappa shape index (κ2) is 6.13. The van der Waals surface area contributed by atoms with Crippen LogP contribution in [0.2, 0.25) is 0 Å². The summed E-state index contributed by atoms with van der Waals surface area (Å²) in [5, 5.41) is 23.7. The van der Waals surface area contributed by atoms with Gasteiger partial charge in [0.15, 0.2) is 11.5 Å². The number of nitro benzene ring substituents is 1. The van der Waals surface area contributed by atoms with Crippen LogP contribution in [0.4, 0.5) is 11.4 Å². The van der Waals surface area contributed by atoms with Gasteiger partial charge in [0.05, 0.1) is 12.0 Å². The van der Waals surface area contributed by atoms with Crippen LogP contribution < -0.4 is 10.1 Å². The zero-order valence-electron chi connectivity index (χ0n) is 11.8. The van der Waals surface area contributed by atoms with E-state index in [1.54, 1.807) is 30.3 Å². The van der Waals surface area contributed by atoms with Crippen LogP contribution in [0.1, 0.15) is 11.1 Å². The summed E-state index contributed by atoms with van der Waals surface area (Å²) in [4.78, 5) is 10.6. The molecule has 0 aliphatic rings. The average molecular weight is 288 g/mol. The third kappa shape index (κ3) is 3.42. The van der Waals surface area contributed by atoms with E-state index in [1.807, 2.05) is 6.92 Å². The van der Waals surface area contributed by atoms with E-state index in [2.05, 4.69) is 5.32 Å². The van der Waals surface area contributed by atoms with Gasteiger partial charge in [-0.25, -0.2) is 0 Å². The van der Waals surface area contributed by atoms with E-state index in [-0.39, 0.29) is 11.4 Å². The first-order valence-corrected chi connectivity index (χ1v) is 6.36. The molecule has 0 fully saturated rings. The number of nitrogens with one attached hydrogen (secondary N) is 1. The highest BCUT2D eigenvalue weighted by molar-refractivity contribution is 5.62. The monoisotopic (exact) mass is 288 g/mol. The van der Waals surface area contributed by atoms with E-state index in [4.69, 9.17) is 4.74 Å². The average Bonchev–Trinajstić information content (AvgIpc) is 2.45. The van der Waals surface area contributed by atoms with Gasteiger partial charge in [-0.2, -0.15) is 0 Å². The Morgan fingerprint density at radius 3 is 2.67 bits per heavy atom. The highest BCUT2D eigenvalue weighted by atomic mass is 16.6. The van der Waals surface area contributed by atoms with Crippen molar-refractivity contribution in [2.45, 2.75) is 13.5 Å². The molecule has 0 bridgehead atoms. The fourth-order valence-corrected chi connectivity index (χ4v) is 1.99. The third-order valence-corrected chi connectivity index (χ3v) is 3.07. The lowest BCUT2D eigenvalue weighted by atomic mass is 10.1. The van der Waals surface area contributed by atoms with Crippen molar-refractivity contribution in [2.24, 2.45) is 0 Å². The molecule has 21 heavy (non-hydrogen) atoms. The number of aromatic hydroxyl groups is 1. The van der Waals surface area contributed by atoms with Gasteiger partial charge in [0.1, 0.15) is 5.69 Å². The molecule has 0 spiro atoms. The smallest absolute Gasteiger partial charge is 0.292 e. The lowest BCUT2D eigenvalue weighted by Crippen LogP contribution is -2.03. The summed E-state index contributed by atoms with van der Waals surface area (Å²) in [5.74, 6) is 0.427. The number of methoxy groups -OCH3 is 1. The van der Waals surface area contributed by atoms with Crippen molar-refractivity contribution in [1.29, 1.82) is 0 Å². The summed E-state index contributed by atoms with van der Waals surface area (Å²) in [5.41, 5.74) is 2.21. The molecule has 0 aliphatic heterocycles. The maximum Gasteiger partial charge on any atom is 0.292 e. The molecule has 0 aliphatic carbocycles. The molecule has 0 saturated carbocycles. The van der Waals surface area contributed by atoms with Gasteiger partial charge in [-0.3, -0.25) is 10.1 Å². The van der Waals surface area contributed by atoms with Gasteiger partial charge in [0, 0.05) is 12.6 Å². The van der Waals surface area contributed by atoms with Crippen LogP contribution in [0, 0.1) is 17.0 Å². The highest BCUT2D eigenvalue weighted by Crippen LogP contribution is 2.28. The van der Waals surface area contributed by atoms with Crippen LogP contribution in [0.15, 0.2) is 36.4 Å². The lowest BCUT2D eigenvalue weighted by molar-refractivity contribution is -0.384. The van der Waals surface area contributed by atoms with Gasteiger partial charge in [-0.05, 0) is 36.2 Å². The molecular formula is C15H16N2O4. The number of rotatable bonds is 5. The van der Waals surface area contributed by atoms with E-state index in [9.17, 15) is 15.2 Å². The lowest BCUT2D eigenvalue weighted by Gasteiger charge is -2.10. The Hall–Kier alpha value is -2.76.